The topological polar surface area (TPSA) is 139 Å². The highest BCUT2D eigenvalue weighted by Crippen LogP contribution is 2.25. The first-order chi connectivity index (χ1) is 17.6. The Labute approximate surface area is 210 Å². The summed E-state index contributed by atoms with van der Waals surface area (Å²) in [4.78, 5) is 29.9. The minimum atomic E-state index is -0.617. The van der Waals surface area contributed by atoms with Crippen molar-refractivity contribution in [1.82, 2.24) is 24.5 Å². The number of amides is 1. The minimum Gasteiger partial charge on any atom is -0.464 e. The van der Waals surface area contributed by atoms with Crippen molar-refractivity contribution in [3.05, 3.63) is 48.2 Å². The summed E-state index contributed by atoms with van der Waals surface area (Å²) in [5.74, 6) is -1.06. The van der Waals surface area contributed by atoms with E-state index >= 15 is 0 Å². The highest BCUT2D eigenvalue weighted by molar-refractivity contribution is 6.06. The summed E-state index contributed by atoms with van der Waals surface area (Å²) in [6.45, 7) is 2.80. The molecule has 1 saturated heterocycles. The first-order valence-electron chi connectivity index (χ1n) is 12.4. The second-order valence-electron chi connectivity index (χ2n) is 8.76. The summed E-state index contributed by atoms with van der Waals surface area (Å²) < 4.78 is 13.9. The van der Waals surface area contributed by atoms with Crippen LogP contribution < -0.4 is 11.1 Å². The van der Waals surface area contributed by atoms with Gasteiger partial charge in [-0.15, -0.1) is 0 Å². The molecular formula is C25H33N7O4. The van der Waals surface area contributed by atoms with Gasteiger partial charge in [-0.25, -0.2) is 9.78 Å². The van der Waals surface area contributed by atoms with Gasteiger partial charge in [-0.05, 0) is 44.4 Å². The zero-order valence-corrected chi connectivity index (χ0v) is 20.6. The lowest BCUT2D eigenvalue weighted by molar-refractivity contribution is 0.0583. The molecule has 0 radical (unpaired) electrons. The third-order valence-corrected chi connectivity index (χ3v) is 6.18. The summed E-state index contributed by atoms with van der Waals surface area (Å²) in [5, 5.41) is 11.6. The monoisotopic (exact) mass is 495 g/mol. The molecule has 0 spiro atoms. The minimum absolute atomic E-state index is 0.0567. The summed E-state index contributed by atoms with van der Waals surface area (Å²) in [5.41, 5.74) is 7.57. The van der Waals surface area contributed by atoms with Crippen LogP contribution in [0.4, 0.5) is 5.69 Å². The number of hydrogen-bond acceptors (Lipinski definition) is 8. The van der Waals surface area contributed by atoms with E-state index in [4.69, 9.17) is 15.2 Å². The lowest BCUT2D eigenvalue weighted by Crippen LogP contribution is -2.20. The van der Waals surface area contributed by atoms with Crippen LogP contribution in [0.2, 0.25) is 0 Å². The Morgan fingerprint density at radius 2 is 1.97 bits per heavy atom. The molecular weight excluding hydrogens is 462 g/mol. The van der Waals surface area contributed by atoms with E-state index in [1.54, 1.807) is 29.2 Å². The van der Waals surface area contributed by atoms with Crippen LogP contribution in [-0.2, 0) is 16.0 Å². The molecule has 1 fully saturated rings. The molecule has 3 N–H and O–H groups in total. The lowest BCUT2D eigenvalue weighted by atomic mass is 10.1. The van der Waals surface area contributed by atoms with Crippen molar-refractivity contribution in [2.45, 2.75) is 51.1 Å². The van der Waals surface area contributed by atoms with Crippen LogP contribution in [0, 0.1) is 0 Å². The van der Waals surface area contributed by atoms with Crippen LogP contribution in [-0.4, -0.2) is 63.3 Å². The highest BCUT2D eigenvalue weighted by Gasteiger charge is 2.24. The fourth-order valence-electron chi connectivity index (χ4n) is 4.17. The molecule has 11 nitrogen and oxygen atoms in total. The molecule has 0 bridgehead atoms. The van der Waals surface area contributed by atoms with Crippen LogP contribution >= 0.6 is 0 Å². The summed E-state index contributed by atoms with van der Waals surface area (Å²) in [6.07, 6.45) is 11.2. The van der Waals surface area contributed by atoms with E-state index in [1.807, 2.05) is 16.9 Å². The SMILES string of the molecule is COC(=O)c1nn(C2CCOCC2)cc1NC(=O)c1cccc(-c2cnn(CCCCCCN)c2)n1. The van der Waals surface area contributed by atoms with Gasteiger partial charge in [0.1, 0.15) is 5.69 Å². The molecule has 3 aromatic heterocycles. The number of rotatable bonds is 11. The van der Waals surface area contributed by atoms with Crippen molar-refractivity contribution >= 4 is 17.6 Å². The molecule has 0 atom stereocenters. The standard InChI is InChI=1S/C25H33N7O4/c1-35-25(34)23-22(17-32(30-23)19-9-13-36-14-10-19)29-24(33)21-8-6-7-20(28-21)18-15-27-31(16-18)12-5-3-2-4-11-26/h6-8,15-17,19H,2-5,9-14,26H2,1H3,(H,29,33). The number of unbranched alkanes of at least 4 members (excludes halogenated alkanes) is 3. The van der Waals surface area contributed by atoms with Gasteiger partial charge >= 0.3 is 5.97 Å². The van der Waals surface area contributed by atoms with Gasteiger partial charge in [0, 0.05) is 37.7 Å². The van der Waals surface area contributed by atoms with Gasteiger partial charge in [0.05, 0.1) is 30.7 Å². The fourth-order valence-corrected chi connectivity index (χ4v) is 4.17. The zero-order chi connectivity index (χ0) is 25.3. The Morgan fingerprint density at radius 3 is 2.75 bits per heavy atom. The number of carbonyl (C=O) groups excluding carboxylic acids is 2. The predicted octanol–water partition coefficient (Wildman–Crippen LogP) is 3.05. The number of hydrogen-bond donors (Lipinski definition) is 2. The predicted molar refractivity (Wildman–Crippen MR) is 134 cm³/mol. The Bertz CT molecular complexity index is 1170. The molecule has 0 aromatic carbocycles. The normalized spacial score (nSPS) is 14.1. The van der Waals surface area contributed by atoms with Crippen molar-refractivity contribution in [2.24, 2.45) is 5.73 Å². The lowest BCUT2D eigenvalue weighted by Gasteiger charge is -2.22. The van der Waals surface area contributed by atoms with E-state index in [0.717, 1.165) is 57.2 Å². The van der Waals surface area contributed by atoms with Crippen molar-refractivity contribution in [3.63, 3.8) is 0 Å². The molecule has 36 heavy (non-hydrogen) atoms. The van der Waals surface area contributed by atoms with Crippen molar-refractivity contribution in [3.8, 4) is 11.3 Å². The number of pyridine rings is 1. The Kier molecular flexibility index (Phi) is 8.80. The molecule has 4 heterocycles. The van der Waals surface area contributed by atoms with Gasteiger partial charge in [0.2, 0.25) is 0 Å². The van der Waals surface area contributed by atoms with E-state index in [0.29, 0.717) is 18.9 Å². The second kappa shape index (κ2) is 12.4. The molecule has 0 unspecified atom stereocenters. The molecule has 0 saturated carbocycles. The largest absolute Gasteiger partial charge is 0.464 e. The van der Waals surface area contributed by atoms with Crippen LogP contribution in [0.15, 0.2) is 36.8 Å². The Morgan fingerprint density at radius 1 is 1.17 bits per heavy atom. The summed E-state index contributed by atoms with van der Waals surface area (Å²) >= 11 is 0. The van der Waals surface area contributed by atoms with Gasteiger partial charge < -0.3 is 20.5 Å². The van der Waals surface area contributed by atoms with E-state index in [9.17, 15) is 9.59 Å². The van der Waals surface area contributed by atoms with Gasteiger partial charge in [0.25, 0.3) is 5.91 Å². The number of ether oxygens (including phenoxy) is 2. The van der Waals surface area contributed by atoms with E-state index < -0.39 is 11.9 Å². The maximum Gasteiger partial charge on any atom is 0.360 e. The molecule has 3 aromatic rings. The third-order valence-electron chi connectivity index (χ3n) is 6.18. The van der Waals surface area contributed by atoms with E-state index in [-0.39, 0.29) is 23.1 Å². The molecule has 1 aliphatic heterocycles. The first-order valence-corrected chi connectivity index (χ1v) is 12.4. The number of nitrogens with two attached hydrogens (primary N) is 1. The zero-order valence-electron chi connectivity index (χ0n) is 20.6. The van der Waals surface area contributed by atoms with E-state index in [2.05, 4.69) is 20.5 Å². The van der Waals surface area contributed by atoms with Gasteiger partial charge in [-0.1, -0.05) is 18.9 Å². The van der Waals surface area contributed by atoms with Gasteiger partial charge in [-0.3, -0.25) is 14.2 Å². The quantitative estimate of drug-likeness (QED) is 0.306. The maximum atomic E-state index is 13.1. The van der Waals surface area contributed by atoms with Gasteiger partial charge in [0.15, 0.2) is 5.69 Å². The molecule has 0 aliphatic carbocycles. The maximum absolute atomic E-state index is 13.1. The van der Waals surface area contributed by atoms with Crippen LogP contribution in [0.3, 0.4) is 0 Å². The number of aryl methyl sites for hydroxylation is 1. The van der Waals surface area contributed by atoms with Crippen LogP contribution in [0.5, 0.6) is 0 Å². The molecule has 1 aliphatic rings. The number of carbonyl (C=O) groups is 2. The molecule has 192 valence electrons. The highest BCUT2D eigenvalue weighted by atomic mass is 16.5. The Hall–Kier alpha value is -3.57. The average Bonchev–Trinajstić information content (AvgIpc) is 3.56. The molecule has 1 amide bonds. The average molecular weight is 496 g/mol. The first kappa shape index (κ1) is 25.5. The fraction of sp³-hybridized carbons (Fsp3) is 0.480. The third kappa shape index (κ3) is 6.35. The summed E-state index contributed by atoms with van der Waals surface area (Å²) in [7, 11) is 1.28. The molecule has 11 heteroatoms. The number of anilines is 1. The summed E-state index contributed by atoms with van der Waals surface area (Å²) in [6, 6.07) is 5.32. The number of nitrogens with zero attached hydrogens (tertiary/aromatic N) is 5. The van der Waals surface area contributed by atoms with Crippen LogP contribution in [0.1, 0.15) is 65.5 Å². The van der Waals surface area contributed by atoms with E-state index in [1.165, 1.54) is 7.11 Å². The van der Waals surface area contributed by atoms with Gasteiger partial charge in [-0.2, -0.15) is 10.2 Å². The second-order valence-corrected chi connectivity index (χ2v) is 8.76. The van der Waals surface area contributed by atoms with Crippen LogP contribution in [0.25, 0.3) is 11.3 Å². The Balaban J connectivity index is 1.46. The number of methoxy groups -OCH3 is 1. The smallest absolute Gasteiger partial charge is 0.360 e. The number of nitrogens with one attached hydrogen (secondary N) is 1. The van der Waals surface area contributed by atoms with Crippen molar-refractivity contribution in [2.75, 3.05) is 32.2 Å². The number of aromatic nitrogens is 5. The van der Waals surface area contributed by atoms with Crippen molar-refractivity contribution < 1.29 is 19.1 Å². The molecule has 4 rings (SSSR count). The number of esters is 1. The van der Waals surface area contributed by atoms with Crippen molar-refractivity contribution in [1.29, 1.82) is 0 Å².